The molecule has 0 bridgehead atoms. The molecule has 7 heteroatoms. The molecular formula is C25H34N4O2S. The van der Waals surface area contributed by atoms with Crippen LogP contribution in [0.25, 0.3) is 6.08 Å². The zero-order valence-electron chi connectivity index (χ0n) is 19.7. The minimum absolute atomic E-state index is 0.0993. The van der Waals surface area contributed by atoms with Gasteiger partial charge < -0.3 is 5.32 Å². The Morgan fingerprint density at radius 3 is 2.50 bits per heavy atom. The van der Waals surface area contributed by atoms with Gasteiger partial charge in [0.05, 0.1) is 11.4 Å². The molecule has 32 heavy (non-hydrogen) atoms. The van der Waals surface area contributed by atoms with Gasteiger partial charge >= 0.3 is 0 Å². The highest BCUT2D eigenvalue weighted by Crippen LogP contribution is 2.29. The molecule has 6 nitrogen and oxygen atoms in total. The molecule has 2 aromatic rings. The molecule has 0 spiro atoms. The lowest BCUT2D eigenvalue weighted by molar-refractivity contribution is -0.117. The molecule has 3 rings (SSSR count). The van der Waals surface area contributed by atoms with Crippen molar-refractivity contribution in [3.63, 3.8) is 0 Å². The van der Waals surface area contributed by atoms with Crippen LogP contribution in [-0.4, -0.2) is 46.9 Å². The number of anilines is 2. The summed E-state index contributed by atoms with van der Waals surface area (Å²) in [6.07, 6.45) is 4.47. The number of carbonyl (C=O) groups excluding carboxylic acids is 2. The number of para-hydroxylation sites is 1. The zero-order chi connectivity index (χ0) is 23.3. The van der Waals surface area contributed by atoms with Crippen molar-refractivity contribution in [3.8, 4) is 0 Å². The van der Waals surface area contributed by atoms with Gasteiger partial charge in [-0.1, -0.05) is 32.0 Å². The summed E-state index contributed by atoms with van der Waals surface area (Å²) in [5, 5.41) is 5.46. The van der Waals surface area contributed by atoms with E-state index in [2.05, 4.69) is 42.9 Å². The lowest BCUT2D eigenvalue weighted by Gasteiger charge is -2.45. The van der Waals surface area contributed by atoms with Crippen LogP contribution in [0, 0.1) is 11.8 Å². The second kappa shape index (κ2) is 10.4. The second-order valence-electron chi connectivity index (χ2n) is 9.46. The van der Waals surface area contributed by atoms with Crippen molar-refractivity contribution in [2.24, 2.45) is 11.8 Å². The van der Waals surface area contributed by atoms with Crippen molar-refractivity contribution in [3.05, 3.63) is 47.5 Å². The largest absolute Gasteiger partial charge is 0.351 e. The predicted octanol–water partition coefficient (Wildman–Crippen LogP) is 4.71. The highest BCUT2D eigenvalue weighted by atomic mass is 32.1. The molecule has 1 aliphatic rings. The van der Waals surface area contributed by atoms with Gasteiger partial charge in [-0.3, -0.25) is 19.4 Å². The normalized spacial score (nSPS) is 19.8. The van der Waals surface area contributed by atoms with Crippen LogP contribution in [0.5, 0.6) is 0 Å². The quantitative estimate of drug-likeness (QED) is 0.615. The molecule has 1 N–H and O–H groups in total. The van der Waals surface area contributed by atoms with Gasteiger partial charge in [-0.25, -0.2) is 4.98 Å². The maximum absolute atomic E-state index is 12.4. The number of nitrogens with one attached hydrogen (secondary N) is 1. The Morgan fingerprint density at radius 1 is 1.22 bits per heavy atom. The first-order valence-corrected chi connectivity index (χ1v) is 12.1. The molecule has 172 valence electrons. The Morgan fingerprint density at radius 2 is 1.88 bits per heavy atom. The number of rotatable bonds is 7. The third-order valence-corrected chi connectivity index (χ3v) is 6.70. The Hall–Kier alpha value is -2.51. The first-order valence-electron chi connectivity index (χ1n) is 11.2. The Bertz CT molecular complexity index is 944. The molecule has 2 atom stereocenters. The number of carbonyl (C=O) groups is 2. The summed E-state index contributed by atoms with van der Waals surface area (Å²) in [5.74, 6) is 1.11. The second-order valence-corrected chi connectivity index (χ2v) is 10.3. The molecule has 1 aliphatic heterocycles. The number of amides is 2. The van der Waals surface area contributed by atoms with Crippen molar-refractivity contribution < 1.29 is 9.59 Å². The number of hydrogen-bond acceptors (Lipinski definition) is 5. The molecule has 1 aromatic heterocycles. The monoisotopic (exact) mass is 454 g/mol. The van der Waals surface area contributed by atoms with Gasteiger partial charge in [0.2, 0.25) is 11.8 Å². The molecule has 2 unspecified atom stereocenters. The number of hydrogen-bond donors (Lipinski definition) is 1. The first kappa shape index (κ1) is 24.1. The third kappa shape index (κ3) is 6.26. The Kier molecular flexibility index (Phi) is 7.85. The van der Waals surface area contributed by atoms with Crippen molar-refractivity contribution in [2.45, 2.75) is 46.6 Å². The first-order chi connectivity index (χ1) is 15.2. The Labute approximate surface area is 195 Å². The van der Waals surface area contributed by atoms with Gasteiger partial charge in [-0.2, -0.15) is 0 Å². The number of aromatic nitrogens is 1. The smallest absolute Gasteiger partial charge is 0.244 e. The summed E-state index contributed by atoms with van der Waals surface area (Å²) < 4.78 is 0. The van der Waals surface area contributed by atoms with Gasteiger partial charge in [0.25, 0.3) is 0 Å². The lowest BCUT2D eigenvalue weighted by Crippen LogP contribution is -2.56. The molecule has 1 aromatic carbocycles. The number of thiazole rings is 1. The van der Waals surface area contributed by atoms with E-state index in [9.17, 15) is 9.59 Å². The molecule has 0 radical (unpaired) electrons. The summed E-state index contributed by atoms with van der Waals surface area (Å²) in [7, 11) is 0. The van der Waals surface area contributed by atoms with Crippen molar-refractivity contribution >= 4 is 40.0 Å². The van der Waals surface area contributed by atoms with Crippen LogP contribution >= 0.6 is 11.3 Å². The van der Waals surface area contributed by atoms with E-state index < -0.39 is 0 Å². The topological polar surface area (TPSA) is 65.5 Å². The van der Waals surface area contributed by atoms with E-state index in [0.717, 1.165) is 18.8 Å². The fraction of sp³-hybridized carbons (Fsp3) is 0.480. The zero-order valence-corrected chi connectivity index (χ0v) is 20.5. The predicted molar refractivity (Wildman–Crippen MR) is 132 cm³/mol. The van der Waals surface area contributed by atoms with E-state index in [1.54, 1.807) is 11.0 Å². The average Bonchev–Trinajstić information content (AvgIpc) is 3.19. The summed E-state index contributed by atoms with van der Waals surface area (Å²) in [5.41, 5.74) is 1.32. The van der Waals surface area contributed by atoms with Crippen LogP contribution in [-0.2, 0) is 9.59 Å². The van der Waals surface area contributed by atoms with Gasteiger partial charge in [-0.05, 0) is 50.3 Å². The van der Waals surface area contributed by atoms with Crippen LogP contribution in [0.3, 0.4) is 0 Å². The minimum atomic E-state index is -0.141. The minimum Gasteiger partial charge on any atom is -0.351 e. The van der Waals surface area contributed by atoms with Gasteiger partial charge in [0, 0.05) is 43.6 Å². The molecular weight excluding hydrogens is 420 g/mol. The fourth-order valence-electron chi connectivity index (χ4n) is 4.25. The number of benzene rings is 1. The van der Waals surface area contributed by atoms with Crippen molar-refractivity contribution in [2.75, 3.05) is 24.5 Å². The lowest BCUT2D eigenvalue weighted by atomic mass is 9.88. The van der Waals surface area contributed by atoms with E-state index in [0.29, 0.717) is 29.2 Å². The SMILES string of the molecule is CC(=O)N(c1ccccc1)c1nc(/C=C/C(=O)NCC(C)(C)N2CC(C)CC(C)C2)cs1. The summed E-state index contributed by atoms with van der Waals surface area (Å²) >= 11 is 1.37. The van der Waals surface area contributed by atoms with Crippen LogP contribution < -0.4 is 10.2 Å². The average molecular weight is 455 g/mol. The maximum atomic E-state index is 12.4. The summed E-state index contributed by atoms with van der Waals surface area (Å²) in [4.78, 5) is 33.2. The maximum Gasteiger partial charge on any atom is 0.244 e. The molecule has 0 saturated carbocycles. The van der Waals surface area contributed by atoms with Crippen molar-refractivity contribution in [1.82, 2.24) is 15.2 Å². The molecule has 2 heterocycles. The standard InChI is InChI=1S/C25H34N4O2S/c1-18-13-19(2)15-28(14-18)25(4,5)17-26-23(31)12-11-21-16-32-24(27-21)29(20(3)30)22-9-7-6-8-10-22/h6-12,16,18-19H,13-15,17H2,1-5H3,(H,26,31)/b12-11+. The highest BCUT2D eigenvalue weighted by molar-refractivity contribution is 7.14. The van der Waals surface area contributed by atoms with Crippen molar-refractivity contribution in [1.29, 1.82) is 0 Å². The summed E-state index contributed by atoms with van der Waals surface area (Å²) in [6, 6.07) is 9.42. The van der Waals surface area contributed by atoms with Gasteiger partial charge in [0.15, 0.2) is 5.13 Å². The highest BCUT2D eigenvalue weighted by Gasteiger charge is 2.32. The van der Waals surface area contributed by atoms with E-state index in [-0.39, 0.29) is 17.4 Å². The number of likely N-dealkylation sites (tertiary alicyclic amines) is 1. The van der Waals surface area contributed by atoms with E-state index in [1.165, 1.54) is 30.8 Å². The van der Waals surface area contributed by atoms with Crippen LogP contribution in [0.4, 0.5) is 10.8 Å². The van der Waals surface area contributed by atoms with E-state index in [1.807, 2.05) is 35.7 Å². The Balaban J connectivity index is 1.59. The summed E-state index contributed by atoms with van der Waals surface area (Å²) in [6.45, 7) is 13.2. The van der Waals surface area contributed by atoms with E-state index in [4.69, 9.17) is 0 Å². The molecule has 1 fully saturated rings. The van der Waals surface area contributed by atoms with E-state index >= 15 is 0 Å². The third-order valence-electron chi connectivity index (χ3n) is 5.86. The van der Waals surface area contributed by atoms with Crippen LogP contribution in [0.1, 0.15) is 46.7 Å². The van der Waals surface area contributed by atoms with Crippen LogP contribution in [0.2, 0.25) is 0 Å². The van der Waals surface area contributed by atoms with Gasteiger partial charge in [0.1, 0.15) is 0 Å². The number of piperidine rings is 1. The number of nitrogens with zero attached hydrogens (tertiary/aromatic N) is 3. The van der Waals surface area contributed by atoms with Crippen LogP contribution in [0.15, 0.2) is 41.8 Å². The molecule has 2 amide bonds. The fourth-order valence-corrected chi connectivity index (χ4v) is 5.11. The van der Waals surface area contributed by atoms with Gasteiger partial charge in [-0.15, -0.1) is 11.3 Å². The molecule has 1 saturated heterocycles. The molecule has 0 aliphatic carbocycles.